The van der Waals surface area contributed by atoms with Gasteiger partial charge in [-0.25, -0.2) is 0 Å². The molecule has 0 N–H and O–H groups in total. The van der Waals surface area contributed by atoms with Crippen LogP contribution in [-0.2, 0) is 7.05 Å². The molecule has 2 aromatic heterocycles. The Hall–Kier alpha value is -1.62. The first-order valence-electron chi connectivity index (χ1n) is 4.78. The van der Waals surface area contributed by atoms with Crippen LogP contribution in [0.1, 0.15) is 17.4 Å². The Labute approximate surface area is 97.7 Å². The summed E-state index contributed by atoms with van der Waals surface area (Å²) in [6.07, 6.45) is 5.43. The third-order valence-corrected chi connectivity index (χ3v) is 2.94. The number of nitrogens with zero attached hydrogens (tertiary/aromatic N) is 3. The summed E-state index contributed by atoms with van der Waals surface area (Å²) >= 11 is 1.57. The summed E-state index contributed by atoms with van der Waals surface area (Å²) in [4.78, 5) is 17.2. The Morgan fingerprint density at radius 2 is 2.12 bits per heavy atom. The molecule has 0 amide bonds. The second-order valence-corrected chi connectivity index (χ2v) is 4.53. The van der Waals surface area contributed by atoms with Crippen LogP contribution in [0.15, 0.2) is 40.5 Å². The van der Waals surface area contributed by atoms with Crippen molar-refractivity contribution in [3.63, 3.8) is 0 Å². The molecule has 0 fully saturated rings. The molecule has 2 rings (SSSR count). The predicted molar refractivity (Wildman–Crippen MR) is 61.6 cm³/mol. The first kappa shape index (κ1) is 10.9. The highest BCUT2D eigenvalue weighted by atomic mass is 32.2. The van der Waals surface area contributed by atoms with E-state index in [1.165, 1.54) is 6.92 Å². The number of carbonyl (C=O) groups is 1. The van der Waals surface area contributed by atoms with Gasteiger partial charge in [0.05, 0.1) is 11.1 Å². The van der Waals surface area contributed by atoms with Crippen molar-refractivity contribution in [2.24, 2.45) is 7.05 Å². The van der Waals surface area contributed by atoms with Gasteiger partial charge in [-0.15, -0.1) is 0 Å². The van der Waals surface area contributed by atoms with Gasteiger partial charge >= 0.3 is 0 Å². The molecular weight excluding hydrogens is 222 g/mol. The highest BCUT2D eigenvalue weighted by Gasteiger charge is 2.03. The minimum Gasteiger partial charge on any atom is -0.293 e. The third kappa shape index (κ3) is 2.49. The van der Waals surface area contributed by atoms with Gasteiger partial charge in [0, 0.05) is 31.3 Å². The van der Waals surface area contributed by atoms with Gasteiger partial charge in [0.15, 0.2) is 5.78 Å². The van der Waals surface area contributed by atoms with Gasteiger partial charge in [0.25, 0.3) is 0 Å². The van der Waals surface area contributed by atoms with Gasteiger partial charge in [-0.2, -0.15) is 5.10 Å². The lowest BCUT2D eigenvalue weighted by Gasteiger charge is -1.98. The molecule has 0 aliphatic rings. The average molecular weight is 233 g/mol. The summed E-state index contributed by atoms with van der Waals surface area (Å²) in [5.41, 5.74) is 0.496. The van der Waals surface area contributed by atoms with Crippen molar-refractivity contribution in [3.8, 4) is 0 Å². The van der Waals surface area contributed by atoms with Crippen molar-refractivity contribution >= 4 is 17.5 Å². The Kier molecular flexibility index (Phi) is 3.05. The van der Waals surface area contributed by atoms with Crippen LogP contribution >= 0.6 is 11.8 Å². The van der Waals surface area contributed by atoms with E-state index in [1.54, 1.807) is 34.9 Å². The van der Waals surface area contributed by atoms with E-state index in [0.29, 0.717) is 5.69 Å². The highest BCUT2D eigenvalue weighted by Crippen LogP contribution is 2.26. The van der Waals surface area contributed by atoms with E-state index in [1.807, 2.05) is 19.3 Å². The number of aromatic nitrogens is 3. The Morgan fingerprint density at radius 1 is 1.31 bits per heavy atom. The molecule has 0 atom stereocenters. The van der Waals surface area contributed by atoms with Gasteiger partial charge in [-0.3, -0.25) is 14.5 Å². The van der Waals surface area contributed by atoms with E-state index in [0.717, 1.165) is 9.79 Å². The molecule has 0 bridgehead atoms. The molecule has 0 aliphatic heterocycles. The van der Waals surface area contributed by atoms with Crippen molar-refractivity contribution in [2.45, 2.75) is 16.7 Å². The standard InChI is InChI=1S/C11H11N3OS/c1-8(15)11-4-3-9(5-12-11)16-10-6-13-14(2)7-10/h3-7H,1-2H3. The summed E-state index contributed by atoms with van der Waals surface area (Å²) in [6, 6.07) is 3.63. The first-order valence-corrected chi connectivity index (χ1v) is 5.60. The van der Waals surface area contributed by atoms with Gasteiger partial charge in [0.2, 0.25) is 0 Å². The number of ketones is 1. The number of aryl methyl sites for hydroxylation is 1. The Bertz CT molecular complexity index is 504. The lowest BCUT2D eigenvalue weighted by atomic mass is 10.3. The minimum absolute atomic E-state index is 0.0158. The van der Waals surface area contributed by atoms with Gasteiger partial charge in [-0.05, 0) is 12.1 Å². The number of hydrogen-bond donors (Lipinski definition) is 0. The van der Waals surface area contributed by atoms with Crippen LogP contribution in [0.3, 0.4) is 0 Å². The van der Waals surface area contributed by atoms with Crippen molar-refractivity contribution in [1.29, 1.82) is 0 Å². The zero-order valence-corrected chi connectivity index (χ0v) is 9.86. The van der Waals surface area contributed by atoms with Gasteiger partial charge in [0.1, 0.15) is 5.69 Å². The third-order valence-electron chi connectivity index (χ3n) is 2.01. The zero-order chi connectivity index (χ0) is 11.5. The molecule has 0 spiro atoms. The van der Waals surface area contributed by atoms with Crippen LogP contribution in [-0.4, -0.2) is 20.5 Å². The van der Waals surface area contributed by atoms with Crippen molar-refractivity contribution < 1.29 is 4.79 Å². The smallest absolute Gasteiger partial charge is 0.178 e. The lowest BCUT2D eigenvalue weighted by Crippen LogP contribution is -1.94. The molecule has 4 nitrogen and oxygen atoms in total. The maximum absolute atomic E-state index is 11.0. The molecule has 0 unspecified atom stereocenters. The fourth-order valence-electron chi connectivity index (χ4n) is 1.24. The summed E-state index contributed by atoms with van der Waals surface area (Å²) < 4.78 is 1.75. The van der Waals surface area contributed by atoms with Crippen LogP contribution in [0, 0.1) is 0 Å². The van der Waals surface area contributed by atoms with Crippen LogP contribution < -0.4 is 0 Å². The minimum atomic E-state index is -0.0158. The monoisotopic (exact) mass is 233 g/mol. The Morgan fingerprint density at radius 3 is 2.62 bits per heavy atom. The normalized spacial score (nSPS) is 10.4. The molecule has 2 aromatic rings. The van der Waals surface area contributed by atoms with E-state index < -0.39 is 0 Å². The summed E-state index contributed by atoms with van der Waals surface area (Å²) in [5.74, 6) is -0.0158. The fraction of sp³-hybridized carbons (Fsp3) is 0.182. The summed E-state index contributed by atoms with van der Waals surface area (Å²) in [5, 5.41) is 4.08. The molecule has 0 aromatic carbocycles. The van der Waals surface area contributed by atoms with Gasteiger partial charge < -0.3 is 0 Å². The quantitative estimate of drug-likeness (QED) is 0.762. The van der Waals surface area contributed by atoms with E-state index in [2.05, 4.69) is 10.1 Å². The van der Waals surface area contributed by atoms with Crippen molar-refractivity contribution in [3.05, 3.63) is 36.4 Å². The molecule has 0 aliphatic carbocycles. The number of hydrogen-bond acceptors (Lipinski definition) is 4. The Balaban J connectivity index is 2.14. The second kappa shape index (κ2) is 4.49. The SMILES string of the molecule is CC(=O)c1ccc(Sc2cnn(C)c2)cn1. The molecule has 2 heterocycles. The molecule has 82 valence electrons. The number of carbonyl (C=O) groups excluding carboxylic acids is 1. The molecule has 0 radical (unpaired) electrons. The lowest BCUT2D eigenvalue weighted by molar-refractivity contribution is 0.101. The second-order valence-electron chi connectivity index (χ2n) is 3.39. The number of Topliss-reactive ketones (excluding diaryl/α,β-unsaturated/α-hetero) is 1. The maximum Gasteiger partial charge on any atom is 0.178 e. The fourth-order valence-corrected chi connectivity index (χ4v) is 2.06. The van der Waals surface area contributed by atoms with Crippen LogP contribution in [0.25, 0.3) is 0 Å². The largest absolute Gasteiger partial charge is 0.293 e. The predicted octanol–water partition coefficient (Wildman–Crippen LogP) is 2.17. The van der Waals surface area contributed by atoms with Crippen molar-refractivity contribution in [2.75, 3.05) is 0 Å². The number of rotatable bonds is 3. The van der Waals surface area contributed by atoms with Crippen LogP contribution in [0.2, 0.25) is 0 Å². The van der Waals surface area contributed by atoms with Crippen LogP contribution in [0.4, 0.5) is 0 Å². The maximum atomic E-state index is 11.0. The van der Waals surface area contributed by atoms with E-state index in [4.69, 9.17) is 0 Å². The molecular formula is C11H11N3OS. The van der Waals surface area contributed by atoms with Crippen molar-refractivity contribution in [1.82, 2.24) is 14.8 Å². The molecule has 0 saturated heterocycles. The zero-order valence-electron chi connectivity index (χ0n) is 9.04. The molecule has 0 saturated carbocycles. The summed E-state index contributed by atoms with van der Waals surface area (Å²) in [6.45, 7) is 1.51. The van der Waals surface area contributed by atoms with E-state index in [9.17, 15) is 4.79 Å². The average Bonchev–Trinajstić information content (AvgIpc) is 2.65. The first-order chi connectivity index (χ1) is 7.65. The number of pyridine rings is 1. The molecule has 5 heteroatoms. The van der Waals surface area contributed by atoms with Gasteiger partial charge in [-0.1, -0.05) is 11.8 Å². The highest BCUT2D eigenvalue weighted by molar-refractivity contribution is 7.99. The molecule has 16 heavy (non-hydrogen) atoms. The van der Waals surface area contributed by atoms with E-state index >= 15 is 0 Å². The summed E-state index contributed by atoms with van der Waals surface area (Å²) in [7, 11) is 1.88. The topological polar surface area (TPSA) is 47.8 Å². The van der Waals surface area contributed by atoms with Crippen LogP contribution in [0.5, 0.6) is 0 Å². The van der Waals surface area contributed by atoms with E-state index in [-0.39, 0.29) is 5.78 Å².